The average Bonchev–Trinajstić information content (AvgIpc) is 2.36. The molecule has 0 fully saturated rings. The summed E-state index contributed by atoms with van der Waals surface area (Å²) in [6.07, 6.45) is 1.05. The van der Waals surface area contributed by atoms with Crippen molar-refractivity contribution in [1.29, 1.82) is 0 Å². The number of amidine groups is 1. The molecule has 5 N–H and O–H groups in total. The van der Waals surface area contributed by atoms with Gasteiger partial charge in [-0.25, -0.2) is 0 Å². The molecule has 0 saturated carbocycles. The minimum Gasteiger partial charge on any atom is -0.409 e. The van der Waals surface area contributed by atoms with Crippen molar-refractivity contribution in [1.82, 2.24) is 10.6 Å². The summed E-state index contributed by atoms with van der Waals surface area (Å²) in [6.45, 7) is 7.18. The summed E-state index contributed by atoms with van der Waals surface area (Å²) < 4.78 is 0. The van der Waals surface area contributed by atoms with E-state index in [9.17, 15) is 9.59 Å². The fourth-order valence-corrected chi connectivity index (χ4v) is 1.20. The third-order valence-corrected chi connectivity index (χ3v) is 2.97. The first-order chi connectivity index (χ1) is 8.75. The lowest BCUT2D eigenvalue weighted by atomic mass is 9.91. The number of hydrogen-bond donors (Lipinski definition) is 4. The van der Waals surface area contributed by atoms with Gasteiger partial charge in [0.05, 0.1) is 0 Å². The van der Waals surface area contributed by atoms with Crippen LogP contribution in [-0.4, -0.2) is 35.4 Å². The first-order valence-corrected chi connectivity index (χ1v) is 6.31. The first-order valence-electron chi connectivity index (χ1n) is 6.31. The van der Waals surface area contributed by atoms with Crippen LogP contribution in [0.1, 0.15) is 40.5 Å². The fraction of sp³-hybridized carbons (Fsp3) is 0.750. The Balaban J connectivity index is 4.15. The van der Waals surface area contributed by atoms with E-state index in [2.05, 4.69) is 15.8 Å². The zero-order chi connectivity index (χ0) is 15.1. The van der Waals surface area contributed by atoms with E-state index >= 15 is 0 Å². The fourth-order valence-electron chi connectivity index (χ4n) is 1.20. The van der Waals surface area contributed by atoms with Gasteiger partial charge < -0.3 is 21.6 Å². The number of carbonyl (C=O) groups is 2. The number of carbonyl (C=O) groups excluding carboxylic acids is 2. The van der Waals surface area contributed by atoms with Crippen LogP contribution >= 0.6 is 0 Å². The number of nitrogens with one attached hydrogen (secondary N) is 2. The molecule has 0 radical (unpaired) electrons. The summed E-state index contributed by atoms with van der Waals surface area (Å²) in [5.74, 6) is -0.676. The summed E-state index contributed by atoms with van der Waals surface area (Å²) in [5, 5.41) is 16.8. The predicted octanol–water partition coefficient (Wildman–Crippen LogP) is 0.180. The summed E-state index contributed by atoms with van der Waals surface area (Å²) in [5.41, 5.74) is 4.32. The smallest absolute Gasteiger partial charge is 0.233 e. The number of nitrogens with zero attached hydrogens (tertiary/aromatic N) is 1. The van der Waals surface area contributed by atoms with Crippen molar-refractivity contribution in [2.45, 2.75) is 46.6 Å². The van der Waals surface area contributed by atoms with Crippen LogP contribution in [0.5, 0.6) is 0 Å². The number of oxime groups is 1. The minimum absolute atomic E-state index is 0.115. The maximum absolute atomic E-state index is 11.8. The lowest BCUT2D eigenvalue weighted by Crippen LogP contribution is -2.46. The van der Waals surface area contributed by atoms with Crippen LogP contribution in [0, 0.1) is 5.41 Å². The summed E-state index contributed by atoms with van der Waals surface area (Å²) in [6, 6.07) is 0.122. The van der Waals surface area contributed by atoms with E-state index in [1.807, 2.05) is 13.8 Å². The second-order valence-electron chi connectivity index (χ2n) is 4.99. The Bertz CT molecular complexity index is 353. The predicted molar refractivity (Wildman–Crippen MR) is 72.7 cm³/mol. The Labute approximate surface area is 113 Å². The Kier molecular flexibility index (Phi) is 6.89. The number of rotatable bonds is 7. The molecule has 1 atom stereocenters. The van der Waals surface area contributed by atoms with Gasteiger partial charge in [0.1, 0.15) is 5.41 Å². The van der Waals surface area contributed by atoms with Crippen LogP contribution in [0.2, 0.25) is 0 Å². The van der Waals surface area contributed by atoms with Crippen molar-refractivity contribution in [2.24, 2.45) is 16.3 Å². The van der Waals surface area contributed by atoms with E-state index in [4.69, 9.17) is 10.9 Å². The Morgan fingerprint density at radius 3 is 2.47 bits per heavy atom. The molecule has 19 heavy (non-hydrogen) atoms. The summed E-state index contributed by atoms with van der Waals surface area (Å²) >= 11 is 0. The lowest BCUT2D eigenvalue weighted by Gasteiger charge is -2.21. The molecule has 0 heterocycles. The van der Waals surface area contributed by atoms with Crippen LogP contribution in [-0.2, 0) is 9.59 Å². The van der Waals surface area contributed by atoms with E-state index in [0.29, 0.717) is 0 Å². The molecule has 7 nitrogen and oxygen atoms in total. The van der Waals surface area contributed by atoms with E-state index in [-0.39, 0.29) is 36.7 Å². The van der Waals surface area contributed by atoms with Gasteiger partial charge in [-0.3, -0.25) is 9.59 Å². The van der Waals surface area contributed by atoms with Gasteiger partial charge in [0.25, 0.3) is 0 Å². The molecule has 0 spiro atoms. The highest BCUT2D eigenvalue weighted by Crippen LogP contribution is 2.14. The molecular formula is C12H24N4O3. The van der Waals surface area contributed by atoms with Crippen LogP contribution in [0.3, 0.4) is 0 Å². The molecule has 0 aromatic heterocycles. The van der Waals surface area contributed by atoms with Gasteiger partial charge in [0.15, 0.2) is 5.84 Å². The van der Waals surface area contributed by atoms with Crippen molar-refractivity contribution in [3.8, 4) is 0 Å². The van der Waals surface area contributed by atoms with Crippen LogP contribution in [0.25, 0.3) is 0 Å². The number of hydrogen-bond acceptors (Lipinski definition) is 4. The third-order valence-electron chi connectivity index (χ3n) is 2.97. The van der Waals surface area contributed by atoms with Crippen molar-refractivity contribution in [2.75, 3.05) is 6.54 Å². The molecule has 2 amide bonds. The maximum atomic E-state index is 11.8. The summed E-state index contributed by atoms with van der Waals surface area (Å²) in [7, 11) is 0. The van der Waals surface area contributed by atoms with Crippen LogP contribution < -0.4 is 16.4 Å². The monoisotopic (exact) mass is 272 g/mol. The normalized spacial score (nSPS) is 13.8. The van der Waals surface area contributed by atoms with Gasteiger partial charge in [-0.05, 0) is 27.2 Å². The molecule has 0 bridgehead atoms. The second kappa shape index (κ2) is 7.60. The van der Waals surface area contributed by atoms with Crippen LogP contribution in [0.4, 0.5) is 0 Å². The molecular weight excluding hydrogens is 248 g/mol. The molecule has 0 rings (SSSR count). The van der Waals surface area contributed by atoms with Gasteiger partial charge in [-0.1, -0.05) is 12.1 Å². The molecule has 0 aliphatic carbocycles. The largest absolute Gasteiger partial charge is 0.409 e. The number of nitrogens with two attached hydrogens (primary N) is 1. The summed E-state index contributed by atoms with van der Waals surface area (Å²) in [4.78, 5) is 23.3. The Morgan fingerprint density at radius 2 is 2.00 bits per heavy atom. The molecule has 0 saturated heterocycles. The zero-order valence-corrected chi connectivity index (χ0v) is 12.0. The number of amides is 2. The molecule has 0 aliphatic heterocycles. The first kappa shape index (κ1) is 17.2. The highest BCUT2D eigenvalue weighted by molar-refractivity contribution is 6.05. The van der Waals surface area contributed by atoms with Gasteiger partial charge >= 0.3 is 0 Å². The minimum atomic E-state index is -1.11. The van der Waals surface area contributed by atoms with Crippen molar-refractivity contribution >= 4 is 17.6 Å². The quantitative estimate of drug-likeness (QED) is 0.229. The molecule has 0 aromatic rings. The molecule has 1 unspecified atom stereocenters. The Morgan fingerprint density at radius 1 is 1.42 bits per heavy atom. The van der Waals surface area contributed by atoms with Crippen LogP contribution in [0.15, 0.2) is 5.16 Å². The van der Waals surface area contributed by atoms with Gasteiger partial charge in [0, 0.05) is 19.0 Å². The highest BCUT2D eigenvalue weighted by Gasteiger charge is 2.32. The van der Waals surface area contributed by atoms with Crippen molar-refractivity contribution < 1.29 is 14.8 Å². The maximum Gasteiger partial charge on any atom is 0.233 e. The highest BCUT2D eigenvalue weighted by atomic mass is 16.4. The molecule has 0 aromatic carbocycles. The van der Waals surface area contributed by atoms with E-state index in [1.54, 1.807) is 0 Å². The third kappa shape index (κ3) is 5.58. The molecule has 0 aliphatic rings. The van der Waals surface area contributed by atoms with Gasteiger partial charge in [-0.2, -0.15) is 0 Å². The Hall–Kier alpha value is -1.79. The SMILES string of the molecule is CCC(C)NC(=O)CCNC(=O)C(C)(C)C(N)=NO. The topological polar surface area (TPSA) is 117 Å². The van der Waals surface area contributed by atoms with Crippen molar-refractivity contribution in [3.05, 3.63) is 0 Å². The van der Waals surface area contributed by atoms with E-state index in [1.165, 1.54) is 13.8 Å². The zero-order valence-electron chi connectivity index (χ0n) is 12.0. The standard InChI is InChI=1S/C12H24N4O3/c1-5-8(2)15-9(17)6-7-14-11(18)12(3,4)10(13)16-19/h8,19H,5-7H2,1-4H3,(H2,13,16)(H,14,18)(H,15,17). The molecule has 7 heteroatoms. The lowest BCUT2D eigenvalue weighted by molar-refractivity contribution is -0.126. The van der Waals surface area contributed by atoms with Gasteiger partial charge in [0.2, 0.25) is 11.8 Å². The molecule has 110 valence electrons. The average molecular weight is 272 g/mol. The van der Waals surface area contributed by atoms with Gasteiger partial charge in [-0.15, -0.1) is 0 Å². The van der Waals surface area contributed by atoms with Crippen molar-refractivity contribution in [3.63, 3.8) is 0 Å². The van der Waals surface area contributed by atoms with E-state index < -0.39 is 5.41 Å². The second-order valence-corrected chi connectivity index (χ2v) is 4.99. The van der Waals surface area contributed by atoms with E-state index in [0.717, 1.165) is 6.42 Å².